The summed E-state index contributed by atoms with van der Waals surface area (Å²) in [5.74, 6) is 0. The Bertz CT molecular complexity index is 300. The predicted octanol–water partition coefficient (Wildman–Crippen LogP) is 6.42. The van der Waals surface area contributed by atoms with Gasteiger partial charge in [-0.2, -0.15) is 0 Å². The van der Waals surface area contributed by atoms with E-state index in [-0.39, 0.29) is 15.5 Å². The minimum absolute atomic E-state index is 0.268. The quantitative estimate of drug-likeness (QED) is 0.390. The van der Waals surface area contributed by atoms with Crippen LogP contribution in [-0.4, -0.2) is 23.7 Å². The first-order valence-corrected chi connectivity index (χ1v) is 12.3. The van der Waals surface area contributed by atoms with Crippen LogP contribution in [-0.2, 0) is 0 Å². The predicted molar refractivity (Wildman–Crippen MR) is 92.0 cm³/mol. The normalized spacial score (nSPS) is 15.8. The molecule has 1 nitrogen and oxygen atoms in total. The van der Waals surface area contributed by atoms with E-state index >= 15 is 0 Å². The molecule has 18 heavy (non-hydrogen) atoms. The third-order valence-corrected chi connectivity index (χ3v) is 12.8. The number of nitrogens with zero attached hydrogens (tertiary/aromatic N) is 1. The topological polar surface area (TPSA) is 12.4 Å². The van der Waals surface area contributed by atoms with Crippen LogP contribution in [0.2, 0.25) is 19.6 Å². The van der Waals surface area contributed by atoms with Crippen molar-refractivity contribution in [1.82, 2.24) is 0 Å². The summed E-state index contributed by atoms with van der Waals surface area (Å²) in [5, 5.41) is 0.803. The zero-order valence-corrected chi connectivity index (χ0v) is 16.8. The maximum atomic E-state index is 5.60. The third kappa shape index (κ3) is 3.51. The molecule has 0 spiro atoms. The van der Waals surface area contributed by atoms with E-state index in [1.165, 1.54) is 0 Å². The van der Waals surface area contributed by atoms with Crippen LogP contribution >= 0.6 is 7.05 Å². The van der Waals surface area contributed by atoms with E-state index in [0.717, 1.165) is 0 Å². The Hall–Kier alpha value is 0.447. The van der Waals surface area contributed by atoms with Crippen LogP contribution in [0.5, 0.6) is 0 Å². The van der Waals surface area contributed by atoms with Gasteiger partial charge in [-0.3, -0.25) is 0 Å². The van der Waals surface area contributed by atoms with E-state index < -0.39 is 15.3 Å². The average molecular weight is 290 g/mol. The van der Waals surface area contributed by atoms with Crippen molar-refractivity contribution in [3.8, 4) is 0 Å². The fourth-order valence-corrected chi connectivity index (χ4v) is 17.2. The molecule has 0 heterocycles. The van der Waals surface area contributed by atoms with E-state index in [9.17, 15) is 0 Å². The molecule has 0 aromatic carbocycles. The summed E-state index contributed by atoms with van der Waals surface area (Å²) in [6.45, 7) is 28.8. The van der Waals surface area contributed by atoms with E-state index in [0.29, 0.717) is 0 Å². The van der Waals surface area contributed by atoms with Gasteiger partial charge in [0, 0.05) is 0 Å². The second-order valence-electron chi connectivity index (χ2n) is 9.42. The van der Waals surface area contributed by atoms with Crippen molar-refractivity contribution in [2.45, 2.75) is 97.4 Å². The lowest BCUT2D eigenvalue weighted by Crippen LogP contribution is -2.41. The van der Waals surface area contributed by atoms with Crippen molar-refractivity contribution in [2.24, 2.45) is 4.41 Å². The van der Waals surface area contributed by atoms with Gasteiger partial charge in [-0.05, 0) is 22.5 Å². The molecule has 0 atom stereocenters. The lowest BCUT2D eigenvalue weighted by Gasteiger charge is -2.55. The molecule has 0 bridgehead atoms. The monoisotopic (exact) mass is 289 g/mol. The van der Waals surface area contributed by atoms with Gasteiger partial charge in [0.25, 0.3) is 0 Å². The van der Waals surface area contributed by atoms with Gasteiger partial charge in [0.05, 0.1) is 0 Å². The second-order valence-corrected chi connectivity index (χ2v) is 19.9. The molecule has 3 heteroatoms. The van der Waals surface area contributed by atoms with E-state index in [2.05, 4.69) is 82.0 Å². The molecule has 0 aliphatic heterocycles. The standard InChI is InChI=1S/C15H36NPSi/c1-13(2,3)17(14(4,5)6,15(7,8)9)16-18(10,11)12/h1-12H3. The largest absolute Gasteiger partial charge is 0.336 e. The summed E-state index contributed by atoms with van der Waals surface area (Å²) in [5.41, 5.74) is 0. The maximum absolute atomic E-state index is 5.60. The van der Waals surface area contributed by atoms with Crippen LogP contribution in [0.15, 0.2) is 4.41 Å². The molecular weight excluding hydrogens is 253 g/mol. The Morgan fingerprint density at radius 1 is 0.611 bits per heavy atom. The van der Waals surface area contributed by atoms with Gasteiger partial charge in [-0.1, -0.05) is 82.0 Å². The van der Waals surface area contributed by atoms with Crippen molar-refractivity contribution in [2.75, 3.05) is 0 Å². The van der Waals surface area contributed by atoms with Crippen LogP contribution in [0.25, 0.3) is 0 Å². The second kappa shape index (κ2) is 4.77. The van der Waals surface area contributed by atoms with Crippen molar-refractivity contribution < 1.29 is 0 Å². The number of hydrogen-bond acceptors (Lipinski definition) is 1. The fourth-order valence-electron chi connectivity index (χ4n) is 3.92. The van der Waals surface area contributed by atoms with Crippen molar-refractivity contribution in [1.29, 1.82) is 0 Å². The minimum Gasteiger partial charge on any atom is -0.336 e. The molecule has 110 valence electrons. The van der Waals surface area contributed by atoms with Crippen LogP contribution in [0, 0.1) is 0 Å². The van der Waals surface area contributed by atoms with Gasteiger partial charge < -0.3 is 4.41 Å². The molecule has 0 aromatic heterocycles. The van der Waals surface area contributed by atoms with Crippen LogP contribution < -0.4 is 0 Å². The van der Waals surface area contributed by atoms with E-state index in [4.69, 9.17) is 4.41 Å². The molecule has 0 N–H and O–H groups in total. The molecule has 0 radical (unpaired) electrons. The zero-order valence-electron chi connectivity index (χ0n) is 14.9. The molecule has 0 aliphatic carbocycles. The van der Waals surface area contributed by atoms with Gasteiger partial charge in [-0.25, -0.2) is 0 Å². The first kappa shape index (κ1) is 18.4. The Morgan fingerprint density at radius 3 is 0.889 bits per heavy atom. The highest BCUT2D eigenvalue weighted by molar-refractivity contribution is 7.71. The van der Waals surface area contributed by atoms with Crippen molar-refractivity contribution in [3.05, 3.63) is 0 Å². The highest BCUT2D eigenvalue weighted by atomic mass is 31.2. The average Bonchev–Trinajstić information content (AvgIpc) is 1.90. The molecule has 0 unspecified atom stereocenters. The minimum atomic E-state index is -1.48. The lowest BCUT2D eigenvalue weighted by atomic mass is 10.2. The highest BCUT2D eigenvalue weighted by Gasteiger charge is 2.51. The molecule has 0 saturated heterocycles. The Balaban J connectivity index is 6.59. The molecule has 0 saturated carbocycles. The zero-order chi connectivity index (χ0) is 15.2. The third-order valence-electron chi connectivity index (χ3n) is 3.36. The van der Waals surface area contributed by atoms with E-state index in [1.54, 1.807) is 0 Å². The van der Waals surface area contributed by atoms with Gasteiger partial charge in [0.15, 0.2) is 8.24 Å². The first-order valence-electron chi connectivity index (χ1n) is 7.09. The smallest absolute Gasteiger partial charge is 0.170 e. The summed E-state index contributed by atoms with van der Waals surface area (Å²) in [4.78, 5) is 0. The molecule has 0 aromatic rings. The molecular formula is C15H36NPSi. The highest BCUT2D eigenvalue weighted by Crippen LogP contribution is 2.76. The van der Waals surface area contributed by atoms with E-state index in [1.807, 2.05) is 0 Å². The number of rotatable bonds is 1. The van der Waals surface area contributed by atoms with Crippen molar-refractivity contribution >= 4 is 15.3 Å². The van der Waals surface area contributed by atoms with Gasteiger partial charge in [-0.15, -0.1) is 0 Å². The van der Waals surface area contributed by atoms with Crippen LogP contribution in [0.3, 0.4) is 0 Å². The summed E-state index contributed by atoms with van der Waals surface area (Å²) in [6, 6.07) is 0. The van der Waals surface area contributed by atoms with Crippen molar-refractivity contribution in [3.63, 3.8) is 0 Å². The molecule has 0 rings (SSSR count). The summed E-state index contributed by atoms with van der Waals surface area (Å²) < 4.78 is 5.60. The molecule has 0 amide bonds. The summed E-state index contributed by atoms with van der Waals surface area (Å²) in [6.07, 6.45) is 0. The molecule has 0 fully saturated rings. The first-order chi connectivity index (χ1) is 7.46. The van der Waals surface area contributed by atoms with Crippen LogP contribution in [0.4, 0.5) is 0 Å². The van der Waals surface area contributed by atoms with Gasteiger partial charge in [0.1, 0.15) is 0 Å². The lowest BCUT2D eigenvalue weighted by molar-refractivity contribution is 0.630. The van der Waals surface area contributed by atoms with Gasteiger partial charge >= 0.3 is 0 Å². The molecule has 0 aliphatic rings. The number of hydrogen-bond donors (Lipinski definition) is 0. The van der Waals surface area contributed by atoms with Crippen LogP contribution in [0.1, 0.15) is 62.3 Å². The van der Waals surface area contributed by atoms with Gasteiger partial charge in [0.2, 0.25) is 0 Å². The summed E-state index contributed by atoms with van der Waals surface area (Å²) >= 11 is 0. The maximum Gasteiger partial charge on any atom is 0.170 e. The Labute approximate surface area is 117 Å². The fraction of sp³-hybridized carbons (Fsp3) is 1.00. The Morgan fingerprint density at radius 2 is 0.833 bits per heavy atom. The Kier molecular flexibility index (Phi) is 4.89. The SMILES string of the molecule is CC(C)(C)P(=N[Si](C)(C)C)(C(C)(C)C)C(C)(C)C. The summed E-state index contributed by atoms with van der Waals surface area (Å²) in [7, 11) is -2.93.